The second kappa shape index (κ2) is 6.73. The number of amides is 4. The lowest BCUT2D eigenvalue weighted by molar-refractivity contribution is -0.139. The van der Waals surface area contributed by atoms with Crippen LogP contribution in [0.2, 0.25) is 0 Å². The van der Waals surface area contributed by atoms with E-state index < -0.39 is 17.9 Å². The number of likely N-dealkylation sites (tertiary alicyclic amines) is 1. The van der Waals surface area contributed by atoms with E-state index in [1.807, 2.05) is 19.1 Å². The van der Waals surface area contributed by atoms with Gasteiger partial charge in [-0.2, -0.15) is 0 Å². The van der Waals surface area contributed by atoms with Crippen molar-refractivity contribution in [1.82, 2.24) is 15.1 Å². The Morgan fingerprint density at radius 2 is 2.00 bits per heavy atom. The van der Waals surface area contributed by atoms with E-state index in [4.69, 9.17) is 0 Å². The van der Waals surface area contributed by atoms with Crippen LogP contribution in [-0.4, -0.2) is 58.6 Å². The fourth-order valence-electron chi connectivity index (χ4n) is 6.10. The van der Waals surface area contributed by atoms with Crippen LogP contribution in [0.3, 0.4) is 0 Å². The van der Waals surface area contributed by atoms with Gasteiger partial charge in [-0.3, -0.25) is 34.3 Å². The summed E-state index contributed by atoms with van der Waals surface area (Å²) in [6.07, 6.45) is 3.35. The normalized spacial score (nSPS) is 34.8. The molecule has 1 aromatic carbocycles. The molecule has 4 aliphatic rings. The molecular formula is C24H29N3O4. The van der Waals surface area contributed by atoms with Crippen LogP contribution in [0.15, 0.2) is 18.2 Å². The van der Waals surface area contributed by atoms with E-state index >= 15 is 0 Å². The molecule has 2 aliphatic carbocycles. The third kappa shape index (κ3) is 2.97. The molecule has 164 valence electrons. The Bertz CT molecular complexity index is 1000. The standard InChI is InChI=1S/C24H29N3O4/c1-14-8-16(17-10-26(11-17)23(3)12-24(23)9-15(24)2)4-5-18(14)22(31)27(13-28)19-6-7-20(29)25-21(19)30/h4-5,8,13,15,17,19H,6-7,9-12H2,1-3H3,(H,25,29,30). The van der Waals surface area contributed by atoms with Gasteiger partial charge in [0.1, 0.15) is 6.04 Å². The van der Waals surface area contributed by atoms with E-state index in [9.17, 15) is 19.2 Å². The van der Waals surface area contributed by atoms with Gasteiger partial charge in [-0.15, -0.1) is 0 Å². The van der Waals surface area contributed by atoms with Crippen molar-refractivity contribution in [2.75, 3.05) is 13.1 Å². The molecule has 7 nitrogen and oxygen atoms in total. The molecular weight excluding hydrogens is 394 g/mol. The SMILES string of the molecule is Cc1cc(C2CN(C3(C)CC34CC4C)C2)ccc1C(=O)N(C=O)C1CCC(=O)NC1=O. The number of carbonyl (C=O) groups excluding carboxylic acids is 4. The average molecular weight is 424 g/mol. The Balaban J connectivity index is 1.26. The summed E-state index contributed by atoms with van der Waals surface area (Å²) in [6, 6.07) is 4.83. The summed E-state index contributed by atoms with van der Waals surface area (Å²) in [6.45, 7) is 8.73. The summed E-state index contributed by atoms with van der Waals surface area (Å²) in [7, 11) is 0. The van der Waals surface area contributed by atoms with Crippen LogP contribution in [0.5, 0.6) is 0 Å². The van der Waals surface area contributed by atoms with E-state index in [1.165, 1.54) is 18.4 Å². The highest BCUT2D eigenvalue weighted by Gasteiger charge is 2.78. The Morgan fingerprint density at radius 3 is 2.55 bits per heavy atom. The number of carbonyl (C=O) groups is 4. The first-order valence-electron chi connectivity index (χ1n) is 11.2. The largest absolute Gasteiger partial charge is 0.296 e. The maximum atomic E-state index is 13.0. The van der Waals surface area contributed by atoms with E-state index in [2.05, 4.69) is 24.1 Å². The first kappa shape index (κ1) is 20.4. The number of hydrogen-bond acceptors (Lipinski definition) is 5. The van der Waals surface area contributed by atoms with Crippen molar-refractivity contribution in [3.63, 3.8) is 0 Å². The lowest BCUT2D eigenvalue weighted by Gasteiger charge is -2.45. The van der Waals surface area contributed by atoms with Crippen LogP contribution < -0.4 is 5.32 Å². The number of nitrogens with one attached hydrogen (secondary N) is 1. The maximum absolute atomic E-state index is 13.0. The second-order valence-electron chi connectivity index (χ2n) is 10.2. The minimum atomic E-state index is -0.946. The number of piperidine rings is 1. The highest BCUT2D eigenvalue weighted by molar-refractivity contribution is 6.07. The van der Waals surface area contributed by atoms with E-state index in [-0.39, 0.29) is 18.7 Å². The van der Waals surface area contributed by atoms with Crippen LogP contribution >= 0.6 is 0 Å². The topological polar surface area (TPSA) is 86.8 Å². The Hall–Kier alpha value is -2.54. The third-order valence-electron chi connectivity index (χ3n) is 8.49. The van der Waals surface area contributed by atoms with Gasteiger partial charge in [0.15, 0.2) is 0 Å². The smallest absolute Gasteiger partial charge is 0.261 e. The molecule has 0 aromatic heterocycles. The summed E-state index contributed by atoms with van der Waals surface area (Å²) in [5.41, 5.74) is 3.38. The number of rotatable bonds is 5. The van der Waals surface area contributed by atoms with Gasteiger partial charge >= 0.3 is 0 Å². The fraction of sp³-hybridized carbons (Fsp3) is 0.583. The first-order valence-corrected chi connectivity index (χ1v) is 11.2. The van der Waals surface area contributed by atoms with Gasteiger partial charge in [0, 0.05) is 36.5 Å². The summed E-state index contributed by atoms with van der Waals surface area (Å²) < 4.78 is 0. The summed E-state index contributed by atoms with van der Waals surface area (Å²) in [4.78, 5) is 51.7. The minimum absolute atomic E-state index is 0.114. The lowest BCUT2D eigenvalue weighted by Crippen LogP contribution is -2.54. The Morgan fingerprint density at radius 1 is 1.29 bits per heavy atom. The van der Waals surface area contributed by atoms with E-state index in [1.54, 1.807) is 6.07 Å². The number of benzene rings is 1. The fourth-order valence-corrected chi connectivity index (χ4v) is 6.10. The molecule has 2 saturated carbocycles. The van der Waals surface area contributed by atoms with Gasteiger partial charge in [0.05, 0.1) is 0 Å². The Kier molecular flexibility index (Phi) is 4.42. The zero-order valence-corrected chi connectivity index (χ0v) is 18.3. The molecule has 1 spiro atoms. The highest BCUT2D eigenvalue weighted by Crippen LogP contribution is 2.79. The molecule has 5 rings (SSSR count). The van der Waals surface area contributed by atoms with E-state index in [0.717, 1.165) is 29.5 Å². The average Bonchev–Trinajstić information content (AvgIpc) is 3.50. The van der Waals surface area contributed by atoms with Crippen LogP contribution in [-0.2, 0) is 14.4 Å². The molecule has 2 saturated heterocycles. The summed E-state index contributed by atoms with van der Waals surface area (Å²) in [5, 5.41) is 2.20. The minimum Gasteiger partial charge on any atom is -0.296 e. The van der Waals surface area contributed by atoms with Gasteiger partial charge in [-0.25, -0.2) is 0 Å². The molecule has 31 heavy (non-hydrogen) atoms. The lowest BCUT2D eigenvalue weighted by atomic mass is 9.87. The van der Waals surface area contributed by atoms with Crippen molar-refractivity contribution in [1.29, 1.82) is 0 Å². The molecule has 1 aromatic rings. The molecule has 7 heteroatoms. The summed E-state index contributed by atoms with van der Waals surface area (Å²) in [5.74, 6) is -0.162. The number of hydrogen-bond donors (Lipinski definition) is 1. The molecule has 2 aliphatic heterocycles. The summed E-state index contributed by atoms with van der Waals surface area (Å²) >= 11 is 0. The molecule has 1 N–H and O–H groups in total. The predicted molar refractivity (Wildman–Crippen MR) is 113 cm³/mol. The van der Waals surface area contributed by atoms with Gasteiger partial charge in [0.25, 0.3) is 5.91 Å². The van der Waals surface area contributed by atoms with E-state index in [0.29, 0.717) is 28.8 Å². The zero-order valence-electron chi connectivity index (χ0n) is 18.3. The third-order valence-corrected chi connectivity index (χ3v) is 8.49. The monoisotopic (exact) mass is 423 g/mol. The van der Waals surface area contributed by atoms with Crippen LogP contribution in [0, 0.1) is 18.3 Å². The van der Waals surface area contributed by atoms with Crippen LogP contribution in [0.1, 0.15) is 66.9 Å². The van der Waals surface area contributed by atoms with Crippen molar-refractivity contribution in [3.8, 4) is 0 Å². The number of imide groups is 2. The molecule has 2 heterocycles. The van der Waals surface area contributed by atoms with Crippen LogP contribution in [0.25, 0.3) is 0 Å². The molecule has 0 bridgehead atoms. The van der Waals surface area contributed by atoms with Gasteiger partial charge in [-0.05, 0) is 61.6 Å². The molecule has 0 radical (unpaired) electrons. The van der Waals surface area contributed by atoms with Crippen molar-refractivity contribution < 1.29 is 19.2 Å². The highest BCUT2D eigenvalue weighted by atomic mass is 16.2. The maximum Gasteiger partial charge on any atom is 0.261 e. The van der Waals surface area contributed by atoms with Gasteiger partial charge < -0.3 is 0 Å². The second-order valence-corrected chi connectivity index (χ2v) is 10.2. The quantitative estimate of drug-likeness (QED) is 0.578. The molecule has 4 unspecified atom stereocenters. The first-order chi connectivity index (χ1) is 14.7. The van der Waals surface area contributed by atoms with Gasteiger partial charge in [-0.1, -0.05) is 19.1 Å². The van der Waals surface area contributed by atoms with Crippen molar-refractivity contribution in [3.05, 3.63) is 34.9 Å². The molecule has 4 amide bonds. The van der Waals surface area contributed by atoms with Crippen molar-refractivity contribution >= 4 is 24.1 Å². The van der Waals surface area contributed by atoms with Crippen molar-refractivity contribution in [2.24, 2.45) is 11.3 Å². The molecule has 4 fully saturated rings. The van der Waals surface area contributed by atoms with Gasteiger partial charge in [0.2, 0.25) is 18.2 Å². The predicted octanol–water partition coefficient (Wildman–Crippen LogP) is 1.99. The van der Waals surface area contributed by atoms with Crippen molar-refractivity contribution in [2.45, 2.75) is 64.0 Å². The Labute approximate surface area is 182 Å². The zero-order chi connectivity index (χ0) is 22.1. The van der Waals surface area contributed by atoms with Crippen LogP contribution in [0.4, 0.5) is 0 Å². The number of aryl methyl sites for hydroxylation is 1. The number of nitrogens with zero attached hydrogens (tertiary/aromatic N) is 2. The molecule has 4 atom stereocenters.